The van der Waals surface area contributed by atoms with Gasteiger partial charge >= 0.3 is 0 Å². The second-order valence-electron chi connectivity index (χ2n) is 11.1. The van der Waals surface area contributed by atoms with Gasteiger partial charge in [-0.3, -0.25) is 29.8 Å². The number of hydrogen-bond donors (Lipinski definition) is 1. The fraction of sp³-hybridized carbons (Fsp3) is 0.0526. The molecule has 236 valence electrons. The van der Waals surface area contributed by atoms with Crippen molar-refractivity contribution in [3.63, 3.8) is 0 Å². The molecule has 0 saturated carbocycles. The molecule has 1 heterocycles. The minimum atomic E-state index is -1.08. The van der Waals surface area contributed by atoms with Gasteiger partial charge in [-0.2, -0.15) is 0 Å². The van der Waals surface area contributed by atoms with Crippen LogP contribution in [0.1, 0.15) is 44.4 Å². The Balaban J connectivity index is 1.80. The summed E-state index contributed by atoms with van der Waals surface area (Å²) in [5.74, 6) is -2.99. The van der Waals surface area contributed by atoms with Gasteiger partial charge < -0.3 is 5.32 Å². The van der Waals surface area contributed by atoms with Crippen LogP contribution in [0, 0.1) is 20.2 Å². The molecule has 1 amide bonds. The monoisotopic (exact) mass is 655 g/mol. The number of allylic oxidation sites excluding steroid dienone is 2. The van der Waals surface area contributed by atoms with Crippen molar-refractivity contribution in [2.75, 3.05) is 0 Å². The van der Waals surface area contributed by atoms with E-state index in [1.807, 2.05) is 18.2 Å². The van der Waals surface area contributed by atoms with Crippen LogP contribution in [-0.4, -0.2) is 21.5 Å². The maximum atomic E-state index is 14.5. The van der Waals surface area contributed by atoms with Crippen molar-refractivity contribution in [2.45, 2.75) is 11.8 Å². The summed E-state index contributed by atoms with van der Waals surface area (Å²) < 4.78 is 0. The van der Waals surface area contributed by atoms with Gasteiger partial charge in [0, 0.05) is 52.5 Å². The lowest BCUT2D eigenvalue weighted by Gasteiger charge is -2.32. The zero-order valence-corrected chi connectivity index (χ0v) is 25.9. The average molecular weight is 656 g/mol. The first kappa shape index (κ1) is 31.8. The number of nitrogens with one attached hydrogen (secondary N) is 1. The van der Waals surface area contributed by atoms with Crippen molar-refractivity contribution < 1.29 is 19.4 Å². The van der Waals surface area contributed by atoms with Gasteiger partial charge in [0.15, 0.2) is 5.78 Å². The molecular weight excluding hydrogens is 630 g/mol. The number of nitrogens with zero attached hydrogens (tertiary/aromatic N) is 2. The summed E-state index contributed by atoms with van der Waals surface area (Å²) in [4.78, 5) is 51.9. The van der Waals surface area contributed by atoms with Crippen LogP contribution in [0.5, 0.6) is 0 Å². The van der Waals surface area contributed by atoms with Crippen LogP contribution >= 0.6 is 11.6 Å². The third-order valence-electron chi connectivity index (χ3n) is 8.16. The van der Waals surface area contributed by atoms with Crippen LogP contribution < -0.4 is 5.32 Å². The maximum Gasteiger partial charge on any atom is 0.270 e. The summed E-state index contributed by atoms with van der Waals surface area (Å²) in [5.41, 5.74) is 2.77. The van der Waals surface area contributed by atoms with Crippen molar-refractivity contribution in [3.8, 4) is 0 Å². The molecule has 5 aromatic carbocycles. The fourth-order valence-corrected chi connectivity index (χ4v) is 6.28. The number of rotatable bonds is 8. The van der Waals surface area contributed by atoms with Gasteiger partial charge in [0.05, 0.1) is 15.8 Å². The molecule has 9 nitrogen and oxygen atoms in total. The van der Waals surface area contributed by atoms with Gasteiger partial charge in [-0.05, 0) is 45.5 Å². The maximum absolute atomic E-state index is 14.5. The Morgan fingerprint density at radius 1 is 0.625 bits per heavy atom. The molecule has 0 saturated heterocycles. The van der Waals surface area contributed by atoms with Crippen LogP contribution in [0.2, 0.25) is 5.02 Å². The van der Waals surface area contributed by atoms with Crippen molar-refractivity contribution in [3.05, 3.63) is 198 Å². The molecule has 0 aliphatic carbocycles. The van der Waals surface area contributed by atoms with E-state index in [0.29, 0.717) is 44.0 Å². The molecule has 48 heavy (non-hydrogen) atoms. The Bertz CT molecular complexity index is 2130. The second kappa shape index (κ2) is 13.7. The van der Waals surface area contributed by atoms with Crippen molar-refractivity contribution in [1.29, 1.82) is 0 Å². The number of ketones is 1. The first-order chi connectivity index (χ1) is 23.2. The first-order valence-corrected chi connectivity index (χ1v) is 15.2. The SMILES string of the molecule is O=C(C1=CNC(=O)C(c2cccc(Cl)c2)C(c2cccc([N+](=O)[O-])c2)=C(c2ccccc2)C1c1cccc([N+](=O)[O-])c1)c1ccccc1. The molecule has 1 aliphatic heterocycles. The lowest BCUT2D eigenvalue weighted by molar-refractivity contribution is -0.385. The molecule has 1 N–H and O–H groups in total. The molecule has 2 atom stereocenters. The van der Waals surface area contributed by atoms with E-state index in [4.69, 9.17) is 11.6 Å². The highest BCUT2D eigenvalue weighted by Gasteiger charge is 2.38. The van der Waals surface area contributed by atoms with Crippen LogP contribution in [0.3, 0.4) is 0 Å². The zero-order valence-electron chi connectivity index (χ0n) is 25.2. The van der Waals surface area contributed by atoms with E-state index >= 15 is 0 Å². The number of hydrogen-bond acceptors (Lipinski definition) is 6. The predicted octanol–water partition coefficient (Wildman–Crippen LogP) is 8.53. The van der Waals surface area contributed by atoms with E-state index in [2.05, 4.69) is 5.32 Å². The summed E-state index contributed by atoms with van der Waals surface area (Å²) in [6.07, 6.45) is 1.37. The number of carbonyl (C=O) groups excluding carboxylic acids is 2. The molecule has 10 heteroatoms. The fourth-order valence-electron chi connectivity index (χ4n) is 6.08. The van der Waals surface area contributed by atoms with Crippen LogP contribution in [0.25, 0.3) is 11.1 Å². The lowest BCUT2D eigenvalue weighted by atomic mass is 9.71. The van der Waals surface area contributed by atoms with Gasteiger partial charge in [0.1, 0.15) is 0 Å². The molecule has 0 bridgehead atoms. The molecule has 5 aromatic rings. The summed E-state index contributed by atoms with van der Waals surface area (Å²) in [6, 6.07) is 36.2. The third-order valence-corrected chi connectivity index (χ3v) is 8.39. The number of halogens is 1. The Labute approximate surface area is 280 Å². The van der Waals surface area contributed by atoms with E-state index < -0.39 is 33.4 Å². The van der Waals surface area contributed by atoms with Crippen LogP contribution in [0.4, 0.5) is 11.4 Å². The summed E-state index contributed by atoms with van der Waals surface area (Å²) in [5, 5.41) is 27.3. The van der Waals surface area contributed by atoms with Gasteiger partial charge in [0.2, 0.25) is 5.91 Å². The Morgan fingerprint density at radius 2 is 1.17 bits per heavy atom. The topological polar surface area (TPSA) is 132 Å². The number of carbonyl (C=O) groups is 2. The highest BCUT2D eigenvalue weighted by atomic mass is 35.5. The number of benzene rings is 5. The Morgan fingerprint density at radius 3 is 1.81 bits per heavy atom. The smallest absolute Gasteiger partial charge is 0.270 e. The van der Waals surface area contributed by atoms with Crippen molar-refractivity contribution >= 4 is 45.8 Å². The molecule has 2 unspecified atom stereocenters. The largest absolute Gasteiger partial charge is 0.331 e. The highest BCUT2D eigenvalue weighted by Crippen LogP contribution is 2.49. The number of non-ortho nitro benzene ring substituents is 2. The normalized spacial score (nSPS) is 16.3. The molecule has 0 spiro atoms. The summed E-state index contributed by atoms with van der Waals surface area (Å²) >= 11 is 6.45. The van der Waals surface area contributed by atoms with Gasteiger partial charge in [-0.25, -0.2) is 0 Å². The molecule has 0 radical (unpaired) electrons. The van der Waals surface area contributed by atoms with E-state index in [1.165, 1.54) is 36.5 Å². The van der Waals surface area contributed by atoms with E-state index in [0.717, 1.165) is 0 Å². The quantitative estimate of drug-likeness (QED) is 0.101. The summed E-state index contributed by atoms with van der Waals surface area (Å²) in [6.45, 7) is 0. The van der Waals surface area contributed by atoms with Crippen LogP contribution in [-0.2, 0) is 4.79 Å². The number of Topliss-reactive ketones (excluding diaryl/α,β-unsaturated/α-hetero) is 1. The molecule has 6 rings (SSSR count). The van der Waals surface area contributed by atoms with Gasteiger partial charge in [-0.1, -0.05) is 109 Å². The van der Waals surface area contributed by atoms with E-state index in [9.17, 15) is 29.8 Å². The zero-order chi connectivity index (χ0) is 33.8. The molecular formula is C38H26ClN3O6. The minimum Gasteiger partial charge on any atom is -0.331 e. The average Bonchev–Trinajstić information content (AvgIpc) is 3.10. The highest BCUT2D eigenvalue weighted by molar-refractivity contribution is 6.30. The Kier molecular flexibility index (Phi) is 9.04. The van der Waals surface area contributed by atoms with Crippen molar-refractivity contribution in [1.82, 2.24) is 5.32 Å². The Hall–Kier alpha value is -6.19. The third kappa shape index (κ3) is 6.40. The second-order valence-corrected chi connectivity index (χ2v) is 11.5. The molecule has 0 fully saturated rings. The lowest BCUT2D eigenvalue weighted by Crippen LogP contribution is -2.31. The predicted molar refractivity (Wildman–Crippen MR) is 183 cm³/mol. The minimum absolute atomic E-state index is 0.140. The number of amides is 1. The van der Waals surface area contributed by atoms with Crippen molar-refractivity contribution in [2.24, 2.45) is 0 Å². The molecule has 1 aliphatic rings. The first-order valence-electron chi connectivity index (χ1n) is 14.9. The van der Waals surface area contributed by atoms with E-state index in [-0.39, 0.29) is 16.9 Å². The summed E-state index contributed by atoms with van der Waals surface area (Å²) in [7, 11) is 0. The number of nitro benzene ring substituents is 2. The van der Waals surface area contributed by atoms with E-state index in [1.54, 1.807) is 84.9 Å². The van der Waals surface area contributed by atoms with Crippen LogP contribution in [0.15, 0.2) is 145 Å². The molecule has 0 aromatic heterocycles. The number of nitro groups is 2. The standard InChI is InChI=1S/C38H26ClN3O6/c39-29-17-7-14-26(20-29)36-35(28-16-9-19-31(22-28)42(47)48)34(24-10-3-1-4-11-24)33(27-15-8-18-30(21-27)41(45)46)32(23-40-38(36)44)37(43)25-12-5-2-6-13-25/h1-23,33,36H,(H,40,44). The van der Waals surface area contributed by atoms with Gasteiger partial charge in [0.25, 0.3) is 11.4 Å². The van der Waals surface area contributed by atoms with Gasteiger partial charge in [-0.15, -0.1) is 0 Å².